The van der Waals surface area contributed by atoms with E-state index in [-0.39, 0.29) is 5.75 Å². The molecule has 8 nitrogen and oxygen atoms in total. The minimum atomic E-state index is -0.861. The molecule has 0 fully saturated rings. The smallest absolute Gasteiger partial charge is 0.497 e. The van der Waals surface area contributed by atoms with Gasteiger partial charge in [0.05, 0.1) is 13.3 Å². The first-order chi connectivity index (χ1) is 11.9. The van der Waals surface area contributed by atoms with E-state index in [1.165, 1.54) is 19.4 Å². The highest BCUT2D eigenvalue weighted by atomic mass is 16.7. The van der Waals surface area contributed by atoms with Gasteiger partial charge in [0.2, 0.25) is 0 Å². The minimum absolute atomic E-state index is 0.174. The van der Waals surface area contributed by atoms with E-state index in [1.54, 1.807) is 53.7 Å². The molecule has 1 N–H and O–H groups in total. The molecule has 1 rings (SSSR count). The highest BCUT2D eigenvalue weighted by molar-refractivity contribution is 5.86. The maximum Gasteiger partial charge on any atom is 0.514 e. The molecule has 0 aliphatic rings. The number of rotatable bonds is 4. The lowest BCUT2D eigenvalue weighted by atomic mass is 10.2. The standard InChI is InChI=1S/C18H26N2O6/c1-17(2,3)25-15(21)20-19-11-12-8-9-13(23-7)10-14(12)24-16(22)26-18(4,5)6/h8-11H,1-7H3,(H,20,21)/b19-11-. The molecular formula is C18H26N2O6. The van der Waals surface area contributed by atoms with Crippen molar-refractivity contribution in [1.82, 2.24) is 5.43 Å². The Morgan fingerprint density at radius 2 is 1.65 bits per heavy atom. The summed E-state index contributed by atoms with van der Waals surface area (Å²) in [6.07, 6.45) is -0.236. The van der Waals surface area contributed by atoms with E-state index in [9.17, 15) is 9.59 Å². The van der Waals surface area contributed by atoms with Gasteiger partial charge < -0.3 is 18.9 Å². The molecule has 0 aromatic heterocycles. The number of hydrogen-bond acceptors (Lipinski definition) is 7. The molecule has 0 bridgehead atoms. The van der Waals surface area contributed by atoms with Crippen molar-refractivity contribution in [3.05, 3.63) is 23.8 Å². The van der Waals surface area contributed by atoms with Crippen LogP contribution in [0.1, 0.15) is 47.1 Å². The van der Waals surface area contributed by atoms with E-state index in [4.69, 9.17) is 18.9 Å². The van der Waals surface area contributed by atoms with Gasteiger partial charge in [0.15, 0.2) is 0 Å². The summed E-state index contributed by atoms with van der Waals surface area (Å²) in [5, 5.41) is 3.80. The van der Waals surface area contributed by atoms with Crippen LogP contribution < -0.4 is 14.9 Å². The predicted octanol–water partition coefficient (Wildman–Crippen LogP) is 3.87. The van der Waals surface area contributed by atoms with E-state index in [2.05, 4.69) is 10.5 Å². The highest BCUT2D eigenvalue weighted by Gasteiger charge is 2.19. The Bertz CT molecular complexity index is 671. The molecule has 0 saturated carbocycles. The number of benzene rings is 1. The number of amides is 1. The van der Waals surface area contributed by atoms with Crippen molar-refractivity contribution in [1.29, 1.82) is 0 Å². The number of ether oxygens (including phenoxy) is 4. The minimum Gasteiger partial charge on any atom is -0.497 e. The average Bonchev–Trinajstić information content (AvgIpc) is 2.44. The SMILES string of the molecule is COc1ccc(/C=N\NC(=O)OC(C)(C)C)c(OC(=O)OC(C)(C)C)c1. The Hall–Kier alpha value is -2.77. The number of methoxy groups -OCH3 is 1. The van der Waals surface area contributed by atoms with E-state index in [0.29, 0.717) is 11.3 Å². The maximum atomic E-state index is 11.9. The Morgan fingerprint density at radius 3 is 2.19 bits per heavy atom. The largest absolute Gasteiger partial charge is 0.514 e. The Kier molecular flexibility index (Phi) is 7.00. The van der Waals surface area contributed by atoms with Crippen LogP contribution in [0.25, 0.3) is 0 Å². The Morgan fingerprint density at radius 1 is 1.04 bits per heavy atom. The number of hydrogen-bond donors (Lipinski definition) is 1. The fraction of sp³-hybridized carbons (Fsp3) is 0.500. The zero-order chi connectivity index (χ0) is 20.0. The van der Waals surface area contributed by atoms with Crippen LogP contribution in [-0.4, -0.2) is 36.8 Å². The van der Waals surface area contributed by atoms with E-state index >= 15 is 0 Å². The third-order valence-electron chi connectivity index (χ3n) is 2.56. The second kappa shape index (κ2) is 8.55. The zero-order valence-electron chi connectivity index (χ0n) is 16.2. The second-order valence-electron chi connectivity index (χ2n) is 7.34. The fourth-order valence-electron chi connectivity index (χ4n) is 1.65. The first-order valence-electron chi connectivity index (χ1n) is 8.00. The molecule has 8 heteroatoms. The highest BCUT2D eigenvalue weighted by Crippen LogP contribution is 2.24. The lowest BCUT2D eigenvalue weighted by Gasteiger charge is -2.19. The third kappa shape index (κ3) is 8.36. The molecular weight excluding hydrogens is 340 g/mol. The van der Waals surface area contributed by atoms with Gasteiger partial charge in [-0.25, -0.2) is 15.0 Å². The Labute approximate surface area is 153 Å². The average molecular weight is 366 g/mol. The molecule has 1 amide bonds. The van der Waals surface area contributed by atoms with Gasteiger partial charge >= 0.3 is 12.2 Å². The van der Waals surface area contributed by atoms with Gasteiger partial charge in [-0.15, -0.1) is 0 Å². The lowest BCUT2D eigenvalue weighted by molar-refractivity contribution is 0.0205. The van der Waals surface area contributed by atoms with Crippen LogP contribution in [0, 0.1) is 0 Å². The van der Waals surface area contributed by atoms with Gasteiger partial charge in [0, 0.05) is 11.6 Å². The quantitative estimate of drug-likeness (QED) is 0.376. The van der Waals surface area contributed by atoms with Gasteiger partial charge in [0.25, 0.3) is 0 Å². The molecule has 0 aliphatic heterocycles. The summed E-state index contributed by atoms with van der Waals surface area (Å²) >= 11 is 0. The van der Waals surface area contributed by atoms with Crippen LogP contribution in [0.15, 0.2) is 23.3 Å². The molecule has 0 atom stereocenters. The molecule has 0 radical (unpaired) electrons. The molecule has 0 aliphatic carbocycles. The van der Waals surface area contributed by atoms with Crippen molar-refractivity contribution in [3.8, 4) is 11.5 Å². The van der Waals surface area contributed by atoms with Crippen molar-refractivity contribution in [3.63, 3.8) is 0 Å². The van der Waals surface area contributed by atoms with Crippen LogP contribution in [0.2, 0.25) is 0 Å². The lowest BCUT2D eigenvalue weighted by Crippen LogP contribution is -2.29. The summed E-state index contributed by atoms with van der Waals surface area (Å²) in [5.41, 5.74) is 1.35. The first-order valence-corrected chi connectivity index (χ1v) is 8.00. The summed E-state index contributed by atoms with van der Waals surface area (Å²) in [5.74, 6) is 0.661. The van der Waals surface area contributed by atoms with Crippen molar-refractivity contribution in [2.24, 2.45) is 5.10 Å². The summed E-state index contributed by atoms with van der Waals surface area (Å²) in [4.78, 5) is 23.5. The summed E-state index contributed by atoms with van der Waals surface area (Å²) in [7, 11) is 1.49. The third-order valence-corrected chi connectivity index (χ3v) is 2.56. The van der Waals surface area contributed by atoms with Gasteiger partial charge in [0.1, 0.15) is 22.7 Å². The number of nitrogens with one attached hydrogen (secondary N) is 1. The normalized spacial score (nSPS) is 11.8. The number of nitrogens with zero attached hydrogens (tertiary/aromatic N) is 1. The molecule has 144 valence electrons. The van der Waals surface area contributed by atoms with Gasteiger partial charge in [-0.3, -0.25) is 0 Å². The molecule has 0 saturated heterocycles. The van der Waals surface area contributed by atoms with Gasteiger partial charge in [-0.1, -0.05) is 0 Å². The molecule has 0 heterocycles. The molecule has 0 spiro atoms. The number of carbonyl (C=O) groups excluding carboxylic acids is 2. The first kappa shape index (κ1) is 21.3. The van der Waals surface area contributed by atoms with Gasteiger partial charge in [-0.05, 0) is 53.7 Å². The van der Waals surface area contributed by atoms with Crippen LogP contribution in [0.5, 0.6) is 11.5 Å². The van der Waals surface area contributed by atoms with Crippen LogP contribution >= 0.6 is 0 Å². The molecule has 0 unspecified atom stereocenters. The zero-order valence-corrected chi connectivity index (χ0v) is 16.2. The number of carbonyl (C=O) groups is 2. The van der Waals surface area contributed by atoms with Crippen LogP contribution in [0.3, 0.4) is 0 Å². The topological polar surface area (TPSA) is 95.5 Å². The maximum absolute atomic E-state index is 11.9. The van der Waals surface area contributed by atoms with Crippen LogP contribution in [0.4, 0.5) is 9.59 Å². The van der Waals surface area contributed by atoms with Crippen LogP contribution in [-0.2, 0) is 9.47 Å². The summed E-state index contributed by atoms with van der Waals surface area (Å²) in [6.45, 7) is 10.4. The van der Waals surface area contributed by atoms with Gasteiger partial charge in [-0.2, -0.15) is 5.10 Å². The summed E-state index contributed by atoms with van der Waals surface area (Å²) < 4.78 is 20.6. The second-order valence-corrected chi connectivity index (χ2v) is 7.34. The van der Waals surface area contributed by atoms with Crippen molar-refractivity contribution in [2.45, 2.75) is 52.7 Å². The van der Waals surface area contributed by atoms with Crippen molar-refractivity contribution in [2.75, 3.05) is 7.11 Å². The van der Waals surface area contributed by atoms with E-state index in [1.807, 2.05) is 0 Å². The Balaban J connectivity index is 2.88. The molecule has 1 aromatic carbocycles. The van der Waals surface area contributed by atoms with Crippen molar-refractivity contribution < 1.29 is 28.5 Å². The predicted molar refractivity (Wildman–Crippen MR) is 96.8 cm³/mol. The molecule has 1 aromatic rings. The van der Waals surface area contributed by atoms with E-state index < -0.39 is 23.5 Å². The summed E-state index contributed by atoms with van der Waals surface area (Å²) in [6, 6.07) is 4.80. The number of hydrazone groups is 1. The fourth-order valence-corrected chi connectivity index (χ4v) is 1.65. The van der Waals surface area contributed by atoms with Crippen molar-refractivity contribution >= 4 is 18.5 Å². The monoisotopic (exact) mass is 366 g/mol. The molecule has 26 heavy (non-hydrogen) atoms. The van der Waals surface area contributed by atoms with E-state index in [0.717, 1.165) is 0 Å².